The fourth-order valence-corrected chi connectivity index (χ4v) is 2.86. The number of hydrogen-bond donors (Lipinski definition) is 0. The van der Waals surface area contributed by atoms with Crippen molar-refractivity contribution in [3.63, 3.8) is 0 Å². The highest BCUT2D eigenvalue weighted by atomic mass is 19.1. The average Bonchev–Trinajstić information content (AvgIpc) is 2.63. The topological polar surface area (TPSA) is 29.5 Å². The molecule has 1 heterocycles. The quantitative estimate of drug-likeness (QED) is 0.860. The van der Waals surface area contributed by atoms with Crippen molar-refractivity contribution < 1.29 is 13.9 Å². The van der Waals surface area contributed by atoms with E-state index >= 15 is 0 Å². The number of morpholine rings is 1. The summed E-state index contributed by atoms with van der Waals surface area (Å²) in [5.74, 6) is -0.235. The molecular formula is C20H20FNO2. The second kappa shape index (κ2) is 7.41. The lowest BCUT2D eigenvalue weighted by Gasteiger charge is -2.33. The molecule has 4 heteroatoms. The number of amides is 1. The van der Waals surface area contributed by atoms with Crippen LogP contribution in [0.25, 0.3) is 6.08 Å². The number of rotatable bonds is 4. The van der Waals surface area contributed by atoms with Crippen LogP contribution < -0.4 is 0 Å². The molecule has 0 radical (unpaired) electrons. The zero-order chi connectivity index (χ0) is 16.9. The van der Waals surface area contributed by atoms with Crippen LogP contribution in [0.2, 0.25) is 0 Å². The van der Waals surface area contributed by atoms with E-state index in [1.165, 1.54) is 12.1 Å². The Morgan fingerprint density at radius 3 is 2.58 bits per heavy atom. The Hall–Kier alpha value is -2.46. The standard InChI is InChI=1S/C20H20FNO2/c1-2-15-3-7-17(8-4-15)20(23)22-11-12-24-19(14-22)13-16-5-9-18(21)10-6-16/h2-10,19H,1,11-14H2/t19-/m0/s1. The van der Waals surface area contributed by atoms with Crippen LogP contribution in [0, 0.1) is 5.82 Å². The van der Waals surface area contributed by atoms with Gasteiger partial charge in [0.1, 0.15) is 5.82 Å². The van der Waals surface area contributed by atoms with Crippen molar-refractivity contribution in [1.82, 2.24) is 4.90 Å². The summed E-state index contributed by atoms with van der Waals surface area (Å²) >= 11 is 0. The normalized spacial score (nSPS) is 17.5. The Morgan fingerprint density at radius 1 is 1.21 bits per heavy atom. The summed E-state index contributed by atoms with van der Waals surface area (Å²) in [6.45, 7) is 5.36. The van der Waals surface area contributed by atoms with Crippen molar-refractivity contribution in [3.05, 3.63) is 77.6 Å². The maximum Gasteiger partial charge on any atom is 0.254 e. The molecule has 0 N–H and O–H groups in total. The van der Waals surface area contributed by atoms with E-state index in [2.05, 4.69) is 6.58 Å². The lowest BCUT2D eigenvalue weighted by molar-refractivity contribution is -0.0208. The molecule has 0 bridgehead atoms. The predicted octanol–water partition coefficient (Wildman–Crippen LogP) is 3.55. The number of ether oxygens (including phenoxy) is 1. The third-order valence-electron chi connectivity index (χ3n) is 4.20. The van der Waals surface area contributed by atoms with Crippen molar-refractivity contribution in [2.75, 3.05) is 19.7 Å². The van der Waals surface area contributed by atoms with Gasteiger partial charge in [-0.3, -0.25) is 4.79 Å². The summed E-state index contributed by atoms with van der Waals surface area (Å²) in [6, 6.07) is 13.8. The van der Waals surface area contributed by atoms with Crippen LogP contribution in [0.1, 0.15) is 21.5 Å². The molecule has 1 atom stereocenters. The van der Waals surface area contributed by atoms with Gasteiger partial charge in [0.2, 0.25) is 0 Å². The molecule has 1 saturated heterocycles. The predicted molar refractivity (Wildman–Crippen MR) is 92.3 cm³/mol. The van der Waals surface area contributed by atoms with E-state index in [-0.39, 0.29) is 17.8 Å². The molecule has 0 saturated carbocycles. The Labute approximate surface area is 141 Å². The zero-order valence-electron chi connectivity index (χ0n) is 13.5. The summed E-state index contributed by atoms with van der Waals surface area (Å²) in [7, 11) is 0. The van der Waals surface area contributed by atoms with Crippen molar-refractivity contribution in [2.45, 2.75) is 12.5 Å². The van der Waals surface area contributed by atoms with Crippen molar-refractivity contribution in [3.8, 4) is 0 Å². The molecule has 0 aromatic heterocycles. The van der Waals surface area contributed by atoms with Crippen LogP contribution in [0.15, 0.2) is 55.1 Å². The van der Waals surface area contributed by atoms with Gasteiger partial charge in [0.05, 0.1) is 12.7 Å². The van der Waals surface area contributed by atoms with Crippen molar-refractivity contribution in [2.24, 2.45) is 0 Å². The molecule has 0 unspecified atom stereocenters. The molecule has 1 amide bonds. The first-order chi connectivity index (χ1) is 11.7. The van der Waals surface area contributed by atoms with Gasteiger partial charge in [-0.25, -0.2) is 4.39 Å². The number of carbonyl (C=O) groups excluding carboxylic acids is 1. The molecule has 1 aliphatic heterocycles. The second-order valence-corrected chi connectivity index (χ2v) is 5.90. The van der Waals surface area contributed by atoms with E-state index in [0.717, 1.165) is 11.1 Å². The second-order valence-electron chi connectivity index (χ2n) is 5.90. The minimum atomic E-state index is -0.247. The summed E-state index contributed by atoms with van der Waals surface area (Å²) in [4.78, 5) is 14.5. The van der Waals surface area contributed by atoms with Gasteiger partial charge >= 0.3 is 0 Å². The molecular weight excluding hydrogens is 305 g/mol. The minimum absolute atomic E-state index is 0.0121. The highest BCUT2D eigenvalue weighted by Gasteiger charge is 2.25. The first-order valence-electron chi connectivity index (χ1n) is 8.03. The molecule has 124 valence electrons. The van der Waals surface area contributed by atoms with Crippen LogP contribution in [0.4, 0.5) is 4.39 Å². The third kappa shape index (κ3) is 3.89. The van der Waals surface area contributed by atoms with E-state index in [1.807, 2.05) is 29.2 Å². The van der Waals surface area contributed by atoms with E-state index in [0.29, 0.717) is 31.7 Å². The van der Waals surface area contributed by atoms with Crippen LogP contribution in [0.3, 0.4) is 0 Å². The first-order valence-corrected chi connectivity index (χ1v) is 8.03. The van der Waals surface area contributed by atoms with Gasteiger partial charge in [0.15, 0.2) is 0 Å². The number of carbonyl (C=O) groups is 1. The Bertz CT molecular complexity index is 709. The highest BCUT2D eigenvalue weighted by Crippen LogP contribution is 2.15. The van der Waals surface area contributed by atoms with Gasteiger partial charge in [0, 0.05) is 25.1 Å². The summed E-state index contributed by atoms with van der Waals surface area (Å²) in [6.07, 6.45) is 2.35. The number of halogens is 1. The van der Waals surface area contributed by atoms with Gasteiger partial charge in [0.25, 0.3) is 5.91 Å². The molecule has 24 heavy (non-hydrogen) atoms. The SMILES string of the molecule is C=Cc1ccc(C(=O)N2CCO[C@@H](Cc3ccc(F)cc3)C2)cc1. The molecule has 0 aliphatic carbocycles. The molecule has 3 rings (SSSR count). The monoisotopic (exact) mass is 325 g/mol. The molecule has 2 aromatic carbocycles. The first kappa shape index (κ1) is 16.4. The highest BCUT2D eigenvalue weighted by molar-refractivity contribution is 5.94. The van der Waals surface area contributed by atoms with Gasteiger partial charge in [-0.15, -0.1) is 0 Å². The van der Waals surface area contributed by atoms with Gasteiger partial charge in [-0.1, -0.05) is 36.9 Å². The maximum absolute atomic E-state index is 13.0. The lowest BCUT2D eigenvalue weighted by Crippen LogP contribution is -2.46. The van der Waals surface area contributed by atoms with Gasteiger partial charge in [-0.2, -0.15) is 0 Å². The summed E-state index contributed by atoms with van der Waals surface area (Å²) in [5, 5.41) is 0. The van der Waals surface area contributed by atoms with Crippen molar-refractivity contribution in [1.29, 1.82) is 0 Å². The summed E-state index contributed by atoms with van der Waals surface area (Å²) < 4.78 is 18.7. The zero-order valence-corrected chi connectivity index (χ0v) is 13.5. The van der Waals surface area contributed by atoms with E-state index in [9.17, 15) is 9.18 Å². The fourth-order valence-electron chi connectivity index (χ4n) is 2.86. The largest absolute Gasteiger partial charge is 0.374 e. The van der Waals surface area contributed by atoms with Crippen LogP contribution >= 0.6 is 0 Å². The Kier molecular flexibility index (Phi) is 5.06. The smallest absolute Gasteiger partial charge is 0.254 e. The van der Waals surface area contributed by atoms with E-state index in [4.69, 9.17) is 4.74 Å². The fraction of sp³-hybridized carbons (Fsp3) is 0.250. The summed E-state index contributed by atoms with van der Waals surface area (Å²) in [5.41, 5.74) is 2.66. The van der Waals surface area contributed by atoms with Crippen molar-refractivity contribution >= 4 is 12.0 Å². The van der Waals surface area contributed by atoms with Crippen LogP contribution in [0.5, 0.6) is 0 Å². The van der Waals surface area contributed by atoms with E-state index < -0.39 is 0 Å². The molecule has 3 nitrogen and oxygen atoms in total. The van der Waals surface area contributed by atoms with Crippen LogP contribution in [-0.4, -0.2) is 36.6 Å². The van der Waals surface area contributed by atoms with E-state index in [1.54, 1.807) is 18.2 Å². The number of hydrogen-bond acceptors (Lipinski definition) is 2. The Balaban J connectivity index is 1.64. The minimum Gasteiger partial charge on any atom is -0.374 e. The molecule has 1 aliphatic rings. The maximum atomic E-state index is 13.0. The average molecular weight is 325 g/mol. The Morgan fingerprint density at radius 2 is 1.92 bits per heavy atom. The molecule has 1 fully saturated rings. The number of nitrogens with zero attached hydrogens (tertiary/aromatic N) is 1. The van der Waals surface area contributed by atoms with Crippen LogP contribution in [-0.2, 0) is 11.2 Å². The third-order valence-corrected chi connectivity index (χ3v) is 4.20. The lowest BCUT2D eigenvalue weighted by atomic mass is 10.1. The van der Waals surface area contributed by atoms with Gasteiger partial charge < -0.3 is 9.64 Å². The van der Waals surface area contributed by atoms with Gasteiger partial charge in [-0.05, 0) is 35.4 Å². The molecule has 2 aromatic rings. The molecule has 0 spiro atoms. The number of benzene rings is 2.